The molecular formula is C19H26N4O2. The van der Waals surface area contributed by atoms with Crippen LogP contribution in [-0.2, 0) is 24.2 Å². The van der Waals surface area contributed by atoms with E-state index in [-0.39, 0.29) is 5.91 Å². The van der Waals surface area contributed by atoms with Gasteiger partial charge < -0.3 is 14.6 Å². The molecule has 2 heterocycles. The molecule has 1 N–H and O–H groups in total. The fourth-order valence-electron chi connectivity index (χ4n) is 3.05. The largest absolute Gasteiger partial charge is 0.481 e. The number of fused-ring (bicyclic) bond motifs is 1. The predicted molar refractivity (Wildman–Crippen MR) is 95.6 cm³/mol. The Labute approximate surface area is 148 Å². The molecule has 0 aliphatic carbocycles. The number of hydrogen-bond donors (Lipinski definition) is 1. The Morgan fingerprint density at radius 1 is 1.24 bits per heavy atom. The molecule has 0 fully saturated rings. The van der Waals surface area contributed by atoms with Crippen LogP contribution in [0.1, 0.15) is 43.4 Å². The maximum Gasteiger partial charge on any atom is 0.260 e. The van der Waals surface area contributed by atoms with Crippen LogP contribution in [-0.4, -0.2) is 33.3 Å². The van der Waals surface area contributed by atoms with Gasteiger partial charge in [-0.3, -0.25) is 4.79 Å². The lowest BCUT2D eigenvalue weighted by molar-refractivity contribution is -0.127. The molecule has 1 amide bonds. The monoisotopic (exact) mass is 342 g/mol. The van der Waals surface area contributed by atoms with E-state index in [1.807, 2.05) is 31.2 Å². The molecule has 0 saturated carbocycles. The molecule has 1 aliphatic heterocycles. The zero-order valence-electron chi connectivity index (χ0n) is 15.0. The van der Waals surface area contributed by atoms with E-state index < -0.39 is 6.10 Å². The molecule has 134 valence electrons. The summed E-state index contributed by atoms with van der Waals surface area (Å²) in [5, 5.41) is 11.5. The smallest absolute Gasteiger partial charge is 0.260 e. The summed E-state index contributed by atoms with van der Waals surface area (Å²) in [6.45, 7) is 5.31. The fraction of sp³-hybridized carbons (Fsp3) is 0.526. The first-order chi connectivity index (χ1) is 12.1. The summed E-state index contributed by atoms with van der Waals surface area (Å²) in [6.07, 6.45) is 4.76. The number of nitrogens with zero attached hydrogens (tertiary/aromatic N) is 3. The number of carbonyl (C=O) groups is 1. The highest BCUT2D eigenvalue weighted by Gasteiger charge is 2.17. The third-order valence-corrected chi connectivity index (χ3v) is 4.54. The normalized spacial score (nSPS) is 15.1. The summed E-state index contributed by atoms with van der Waals surface area (Å²) >= 11 is 0. The molecule has 6 nitrogen and oxygen atoms in total. The minimum atomic E-state index is -0.529. The molecule has 0 spiro atoms. The number of aromatic nitrogens is 3. The molecule has 1 atom stereocenters. The quantitative estimate of drug-likeness (QED) is 0.875. The van der Waals surface area contributed by atoms with Gasteiger partial charge in [0.2, 0.25) is 0 Å². The summed E-state index contributed by atoms with van der Waals surface area (Å²) in [5.41, 5.74) is 1.16. The molecule has 25 heavy (non-hydrogen) atoms. The molecular weight excluding hydrogens is 316 g/mol. The topological polar surface area (TPSA) is 69.0 Å². The first-order valence-corrected chi connectivity index (χ1v) is 9.05. The maximum atomic E-state index is 12.2. The second kappa shape index (κ2) is 8.14. The van der Waals surface area contributed by atoms with E-state index in [9.17, 15) is 4.79 Å². The molecule has 0 saturated heterocycles. The molecule has 0 bridgehead atoms. The highest BCUT2D eigenvalue weighted by molar-refractivity contribution is 5.80. The molecule has 1 aromatic heterocycles. The van der Waals surface area contributed by atoms with Gasteiger partial charge in [-0.05, 0) is 38.8 Å². The number of benzene rings is 1. The van der Waals surface area contributed by atoms with E-state index in [4.69, 9.17) is 4.74 Å². The summed E-state index contributed by atoms with van der Waals surface area (Å²) in [4.78, 5) is 12.2. The summed E-state index contributed by atoms with van der Waals surface area (Å²) in [7, 11) is 0. The van der Waals surface area contributed by atoms with Crippen molar-refractivity contribution in [3.63, 3.8) is 0 Å². The molecule has 1 unspecified atom stereocenters. The highest BCUT2D eigenvalue weighted by atomic mass is 16.5. The minimum absolute atomic E-state index is 0.115. The minimum Gasteiger partial charge on any atom is -0.481 e. The van der Waals surface area contributed by atoms with Crippen molar-refractivity contribution in [3.05, 3.63) is 41.5 Å². The van der Waals surface area contributed by atoms with Gasteiger partial charge in [0.05, 0.1) is 0 Å². The number of aryl methyl sites for hydroxylation is 2. The van der Waals surface area contributed by atoms with Gasteiger partial charge in [0.15, 0.2) is 6.10 Å². The van der Waals surface area contributed by atoms with Crippen molar-refractivity contribution in [2.24, 2.45) is 0 Å². The summed E-state index contributed by atoms with van der Waals surface area (Å²) < 4.78 is 7.89. The van der Waals surface area contributed by atoms with Crippen LogP contribution in [0.5, 0.6) is 5.75 Å². The second-order valence-corrected chi connectivity index (χ2v) is 6.61. The van der Waals surface area contributed by atoms with Crippen LogP contribution < -0.4 is 10.1 Å². The van der Waals surface area contributed by atoms with Gasteiger partial charge in [0, 0.05) is 25.9 Å². The third-order valence-electron chi connectivity index (χ3n) is 4.54. The summed E-state index contributed by atoms with van der Waals surface area (Å²) in [6, 6.07) is 7.70. The van der Waals surface area contributed by atoms with E-state index in [0.717, 1.165) is 30.2 Å². The van der Waals surface area contributed by atoms with Gasteiger partial charge in [0.25, 0.3) is 5.91 Å². The van der Waals surface area contributed by atoms with Crippen LogP contribution in [0.15, 0.2) is 24.3 Å². The van der Waals surface area contributed by atoms with Crippen molar-refractivity contribution in [1.29, 1.82) is 0 Å². The molecule has 2 aromatic rings. The second-order valence-electron chi connectivity index (χ2n) is 6.61. The number of carbonyl (C=O) groups excluding carboxylic acids is 1. The lowest BCUT2D eigenvalue weighted by atomic mass is 10.2. The number of rotatable bonds is 6. The maximum absolute atomic E-state index is 12.2. The average molecular weight is 342 g/mol. The highest BCUT2D eigenvalue weighted by Crippen LogP contribution is 2.15. The van der Waals surface area contributed by atoms with Gasteiger partial charge in [-0.25, -0.2) is 0 Å². The van der Waals surface area contributed by atoms with Crippen molar-refractivity contribution in [3.8, 4) is 5.75 Å². The Balaban J connectivity index is 1.47. The van der Waals surface area contributed by atoms with Crippen molar-refractivity contribution in [1.82, 2.24) is 20.1 Å². The van der Waals surface area contributed by atoms with Gasteiger partial charge in [0.1, 0.15) is 17.4 Å². The molecule has 1 aliphatic rings. The Bertz CT molecular complexity index is 709. The van der Waals surface area contributed by atoms with E-state index in [1.54, 1.807) is 6.92 Å². The lowest BCUT2D eigenvalue weighted by Crippen LogP contribution is -2.37. The summed E-state index contributed by atoms with van der Waals surface area (Å²) in [5.74, 6) is 2.63. The fourth-order valence-corrected chi connectivity index (χ4v) is 3.05. The van der Waals surface area contributed by atoms with Crippen molar-refractivity contribution in [2.45, 2.75) is 58.6 Å². The number of ether oxygens (including phenoxy) is 1. The number of hydrogen-bond acceptors (Lipinski definition) is 4. The SMILES string of the molecule is Cc1ccc(OC(C)C(=O)NCCc2nnc3n2CCCCC3)cc1. The van der Waals surface area contributed by atoms with Crippen LogP contribution in [0, 0.1) is 6.92 Å². The van der Waals surface area contributed by atoms with E-state index in [0.29, 0.717) is 18.7 Å². The number of nitrogens with one attached hydrogen (secondary N) is 1. The van der Waals surface area contributed by atoms with Crippen LogP contribution in [0.3, 0.4) is 0 Å². The standard InChI is InChI=1S/C19H26N4O2/c1-14-7-9-16(10-8-14)25-15(2)19(24)20-12-11-18-22-21-17-6-4-3-5-13-23(17)18/h7-10,15H,3-6,11-13H2,1-2H3,(H,20,24). The Hall–Kier alpha value is -2.37. The Morgan fingerprint density at radius 2 is 2.04 bits per heavy atom. The predicted octanol–water partition coefficient (Wildman–Crippen LogP) is 2.44. The van der Waals surface area contributed by atoms with Gasteiger partial charge in [-0.2, -0.15) is 0 Å². The van der Waals surface area contributed by atoms with Gasteiger partial charge >= 0.3 is 0 Å². The van der Waals surface area contributed by atoms with E-state index in [1.165, 1.54) is 19.3 Å². The molecule has 0 radical (unpaired) electrons. The van der Waals surface area contributed by atoms with Crippen LogP contribution in [0.25, 0.3) is 0 Å². The van der Waals surface area contributed by atoms with E-state index >= 15 is 0 Å². The van der Waals surface area contributed by atoms with E-state index in [2.05, 4.69) is 20.1 Å². The van der Waals surface area contributed by atoms with Gasteiger partial charge in [-0.1, -0.05) is 24.1 Å². The lowest BCUT2D eigenvalue weighted by Gasteiger charge is -2.15. The van der Waals surface area contributed by atoms with Crippen molar-refractivity contribution in [2.75, 3.05) is 6.54 Å². The van der Waals surface area contributed by atoms with Crippen LogP contribution in [0.2, 0.25) is 0 Å². The van der Waals surface area contributed by atoms with Crippen LogP contribution in [0.4, 0.5) is 0 Å². The average Bonchev–Trinajstić information content (AvgIpc) is 2.84. The Kier molecular flexibility index (Phi) is 5.68. The zero-order valence-corrected chi connectivity index (χ0v) is 15.0. The molecule has 3 rings (SSSR count). The molecule has 1 aromatic carbocycles. The van der Waals surface area contributed by atoms with Crippen LogP contribution >= 0.6 is 0 Å². The number of amides is 1. The zero-order chi connectivity index (χ0) is 17.6. The van der Waals surface area contributed by atoms with Gasteiger partial charge in [-0.15, -0.1) is 10.2 Å². The van der Waals surface area contributed by atoms with Crippen molar-refractivity contribution < 1.29 is 9.53 Å². The Morgan fingerprint density at radius 3 is 2.84 bits per heavy atom. The van der Waals surface area contributed by atoms with Crippen molar-refractivity contribution >= 4 is 5.91 Å². The third kappa shape index (κ3) is 4.59. The first-order valence-electron chi connectivity index (χ1n) is 9.05. The first kappa shape index (κ1) is 17.5. The molecule has 6 heteroatoms.